The minimum absolute atomic E-state index is 0.0886. The minimum atomic E-state index is -0.406. The van der Waals surface area contributed by atoms with Crippen LogP contribution in [0.25, 0.3) is 11.1 Å². The third-order valence-corrected chi connectivity index (χ3v) is 5.93. The number of nitrogens with two attached hydrogens (primary N) is 1. The predicted molar refractivity (Wildman–Crippen MR) is 125 cm³/mol. The van der Waals surface area contributed by atoms with E-state index in [1.807, 2.05) is 37.3 Å². The maximum atomic E-state index is 13.4. The molecular formula is C25H30N4O3. The molecule has 1 heterocycles. The number of likely N-dealkylation sites (N-methyl/N-ethyl adjacent to an activating group) is 1. The first-order valence-electron chi connectivity index (χ1n) is 10.7. The number of carbonyl (C=O) groups is 1. The number of fused-ring (bicyclic) bond motifs is 1. The second-order valence-electron chi connectivity index (χ2n) is 8.04. The van der Waals surface area contributed by atoms with Crippen LogP contribution in [0.1, 0.15) is 41.9 Å². The molecule has 0 spiro atoms. The van der Waals surface area contributed by atoms with Crippen LogP contribution in [0.4, 0.5) is 0 Å². The van der Waals surface area contributed by atoms with Crippen LogP contribution >= 0.6 is 0 Å². The quantitative estimate of drug-likeness (QED) is 0.425. The summed E-state index contributed by atoms with van der Waals surface area (Å²) in [5.74, 6) is 0.355. The van der Waals surface area contributed by atoms with Crippen molar-refractivity contribution in [3.8, 4) is 22.9 Å². The number of rotatable bonds is 6. The number of nitrogens with zero attached hydrogens (tertiary/aromatic N) is 3. The van der Waals surface area contributed by atoms with E-state index in [9.17, 15) is 10.1 Å². The second-order valence-corrected chi connectivity index (χ2v) is 8.04. The van der Waals surface area contributed by atoms with Crippen molar-refractivity contribution in [1.29, 1.82) is 5.26 Å². The summed E-state index contributed by atoms with van der Waals surface area (Å²) >= 11 is 0. The Hall–Kier alpha value is -3.37. The van der Waals surface area contributed by atoms with Crippen molar-refractivity contribution in [2.45, 2.75) is 38.2 Å². The van der Waals surface area contributed by atoms with Gasteiger partial charge in [0.2, 0.25) is 5.91 Å². The lowest BCUT2D eigenvalue weighted by molar-refractivity contribution is -0.129. The van der Waals surface area contributed by atoms with E-state index in [0.29, 0.717) is 24.3 Å². The lowest BCUT2D eigenvalue weighted by atomic mass is 9.85. The molecule has 1 aliphatic rings. The Morgan fingerprint density at radius 1 is 1.34 bits per heavy atom. The fraction of sp³-hybridized carbons (Fsp3) is 0.400. The van der Waals surface area contributed by atoms with E-state index < -0.39 is 5.92 Å². The van der Waals surface area contributed by atoms with Gasteiger partial charge in [0.05, 0.1) is 23.7 Å². The van der Waals surface area contributed by atoms with Gasteiger partial charge in [-0.15, -0.1) is 0 Å². The van der Waals surface area contributed by atoms with Crippen molar-refractivity contribution in [2.75, 3.05) is 27.8 Å². The Morgan fingerprint density at radius 2 is 2.12 bits per heavy atom. The summed E-state index contributed by atoms with van der Waals surface area (Å²) in [6, 6.07) is 13.7. The molecule has 0 radical (unpaired) electrons. The van der Waals surface area contributed by atoms with Crippen LogP contribution in [0, 0.1) is 18.3 Å². The monoisotopic (exact) mass is 434 g/mol. The molecule has 0 aliphatic carbocycles. The number of methoxy groups -OCH3 is 1. The lowest BCUT2D eigenvalue weighted by Gasteiger charge is -2.34. The van der Waals surface area contributed by atoms with Gasteiger partial charge < -0.3 is 15.2 Å². The SMILES string of the molecule is CN=C(N)N(C)C(=O)C1CC(CCCOC)Oc2ccc(-c3cc(C#N)ccc3C)cc21. The Morgan fingerprint density at radius 3 is 2.81 bits per heavy atom. The first-order valence-corrected chi connectivity index (χ1v) is 10.7. The van der Waals surface area contributed by atoms with E-state index in [4.69, 9.17) is 15.2 Å². The summed E-state index contributed by atoms with van der Waals surface area (Å²) < 4.78 is 11.4. The van der Waals surface area contributed by atoms with E-state index >= 15 is 0 Å². The van der Waals surface area contributed by atoms with Gasteiger partial charge in [-0.05, 0) is 60.7 Å². The molecule has 32 heavy (non-hydrogen) atoms. The summed E-state index contributed by atoms with van der Waals surface area (Å²) in [7, 11) is 4.88. The number of amides is 1. The first kappa shape index (κ1) is 23.3. The number of guanidine groups is 1. The van der Waals surface area contributed by atoms with Gasteiger partial charge in [0.15, 0.2) is 5.96 Å². The van der Waals surface area contributed by atoms with E-state index in [1.165, 1.54) is 4.90 Å². The molecule has 0 saturated heterocycles. The van der Waals surface area contributed by atoms with Crippen molar-refractivity contribution < 1.29 is 14.3 Å². The molecule has 2 unspecified atom stereocenters. The molecule has 1 amide bonds. The van der Waals surface area contributed by atoms with Crippen LogP contribution < -0.4 is 10.5 Å². The zero-order valence-electron chi connectivity index (χ0n) is 19.1. The highest BCUT2D eigenvalue weighted by atomic mass is 16.5. The smallest absolute Gasteiger partial charge is 0.236 e. The van der Waals surface area contributed by atoms with Gasteiger partial charge >= 0.3 is 0 Å². The highest BCUT2D eigenvalue weighted by Gasteiger charge is 2.35. The number of nitriles is 1. The van der Waals surface area contributed by atoms with Gasteiger partial charge in [0.1, 0.15) is 5.75 Å². The Labute approximate surface area is 189 Å². The minimum Gasteiger partial charge on any atom is -0.490 e. The standard InChI is InChI=1S/C25H30N4O3/c1-16-7-8-17(15-26)12-20(16)18-9-10-23-21(13-18)22(24(30)29(3)25(27)28-2)14-19(32-23)6-5-11-31-4/h7-10,12-13,19,22H,5-6,11,14H2,1-4H3,(H2,27,28). The molecular weight excluding hydrogens is 404 g/mol. The zero-order valence-corrected chi connectivity index (χ0v) is 19.1. The van der Waals surface area contributed by atoms with Crippen molar-refractivity contribution in [1.82, 2.24) is 4.90 Å². The van der Waals surface area contributed by atoms with Crippen molar-refractivity contribution in [3.05, 3.63) is 53.1 Å². The topological polar surface area (TPSA) is 101 Å². The van der Waals surface area contributed by atoms with Crippen molar-refractivity contribution >= 4 is 11.9 Å². The molecule has 0 aromatic heterocycles. The number of aliphatic imine (C=N–C) groups is 1. The molecule has 2 aromatic carbocycles. The fourth-order valence-electron chi connectivity index (χ4n) is 4.08. The van der Waals surface area contributed by atoms with Gasteiger partial charge in [0, 0.05) is 39.8 Å². The van der Waals surface area contributed by atoms with Gasteiger partial charge in [-0.2, -0.15) is 5.26 Å². The van der Waals surface area contributed by atoms with Gasteiger partial charge in [0.25, 0.3) is 0 Å². The highest BCUT2D eigenvalue weighted by Crippen LogP contribution is 2.41. The Kier molecular flexibility index (Phi) is 7.49. The predicted octanol–water partition coefficient (Wildman–Crippen LogP) is 3.60. The second kappa shape index (κ2) is 10.3. The summed E-state index contributed by atoms with van der Waals surface area (Å²) in [6.45, 7) is 2.65. The first-order chi connectivity index (χ1) is 15.4. The van der Waals surface area contributed by atoms with Crippen molar-refractivity contribution in [3.63, 3.8) is 0 Å². The van der Waals surface area contributed by atoms with Crippen LogP contribution in [-0.4, -0.2) is 50.7 Å². The molecule has 2 atom stereocenters. The molecule has 168 valence electrons. The van der Waals surface area contributed by atoms with Gasteiger partial charge in [-0.1, -0.05) is 12.1 Å². The van der Waals surface area contributed by atoms with E-state index in [-0.39, 0.29) is 18.0 Å². The van der Waals surface area contributed by atoms with Crippen LogP contribution in [0.3, 0.4) is 0 Å². The van der Waals surface area contributed by atoms with Gasteiger partial charge in [-0.25, -0.2) is 0 Å². The summed E-state index contributed by atoms with van der Waals surface area (Å²) in [6.07, 6.45) is 2.11. The highest BCUT2D eigenvalue weighted by molar-refractivity contribution is 5.99. The van der Waals surface area contributed by atoms with Crippen LogP contribution in [-0.2, 0) is 9.53 Å². The van der Waals surface area contributed by atoms with E-state index in [0.717, 1.165) is 35.1 Å². The van der Waals surface area contributed by atoms with Gasteiger partial charge in [-0.3, -0.25) is 14.7 Å². The number of carbonyl (C=O) groups excluding carboxylic acids is 1. The normalized spacial score (nSPS) is 17.8. The number of ether oxygens (including phenoxy) is 2. The van der Waals surface area contributed by atoms with Crippen LogP contribution in [0.5, 0.6) is 5.75 Å². The Balaban J connectivity index is 2.02. The molecule has 0 saturated carbocycles. The Bertz CT molecular complexity index is 1060. The number of hydrogen-bond donors (Lipinski definition) is 1. The van der Waals surface area contributed by atoms with Crippen LogP contribution in [0.2, 0.25) is 0 Å². The largest absolute Gasteiger partial charge is 0.490 e. The molecule has 0 bridgehead atoms. The average Bonchev–Trinajstić information content (AvgIpc) is 2.82. The number of hydrogen-bond acceptors (Lipinski definition) is 5. The molecule has 0 fully saturated rings. The summed E-state index contributed by atoms with van der Waals surface area (Å²) in [4.78, 5) is 18.8. The zero-order chi connectivity index (χ0) is 23.3. The van der Waals surface area contributed by atoms with Crippen molar-refractivity contribution in [2.24, 2.45) is 10.7 Å². The third kappa shape index (κ3) is 4.92. The molecule has 2 N–H and O–H groups in total. The summed E-state index contributed by atoms with van der Waals surface area (Å²) in [5.41, 5.74) is 10.3. The number of benzene rings is 2. The average molecular weight is 435 g/mol. The maximum Gasteiger partial charge on any atom is 0.236 e. The number of aryl methyl sites for hydroxylation is 1. The van der Waals surface area contributed by atoms with Crippen LogP contribution in [0.15, 0.2) is 41.4 Å². The molecule has 2 aromatic rings. The molecule has 3 rings (SSSR count). The maximum absolute atomic E-state index is 13.4. The summed E-state index contributed by atoms with van der Waals surface area (Å²) in [5, 5.41) is 9.31. The van der Waals surface area contributed by atoms with E-state index in [2.05, 4.69) is 11.1 Å². The molecule has 7 heteroatoms. The molecule has 7 nitrogen and oxygen atoms in total. The lowest BCUT2D eigenvalue weighted by Crippen LogP contribution is -2.43. The third-order valence-electron chi connectivity index (χ3n) is 5.93. The molecule has 1 aliphatic heterocycles. The van der Waals surface area contributed by atoms with E-state index in [1.54, 1.807) is 27.3 Å². The fourth-order valence-corrected chi connectivity index (χ4v) is 4.08.